The van der Waals surface area contributed by atoms with E-state index in [1.54, 1.807) is 13.1 Å². The van der Waals surface area contributed by atoms with Crippen LogP contribution in [-0.4, -0.2) is 35.8 Å². The number of hydrazine groups is 1. The van der Waals surface area contributed by atoms with Crippen molar-refractivity contribution in [2.24, 2.45) is 0 Å². The van der Waals surface area contributed by atoms with E-state index < -0.39 is 10.0 Å². The number of hydrogen-bond donors (Lipinski definition) is 2. The van der Waals surface area contributed by atoms with Crippen LogP contribution >= 0.6 is 0 Å². The van der Waals surface area contributed by atoms with E-state index in [-0.39, 0.29) is 17.8 Å². The zero-order valence-electron chi connectivity index (χ0n) is 13.4. The first-order valence-electron chi connectivity index (χ1n) is 7.01. The molecule has 0 fully saturated rings. The van der Waals surface area contributed by atoms with Crippen molar-refractivity contribution in [1.29, 1.82) is 5.26 Å². The summed E-state index contributed by atoms with van der Waals surface area (Å²) in [4.78, 5) is 10.7. The van der Waals surface area contributed by atoms with E-state index in [0.717, 1.165) is 6.26 Å². The second kappa shape index (κ2) is 6.02. The Hall–Kier alpha value is -2.38. The normalized spacial score (nSPS) is 11.8. The van der Waals surface area contributed by atoms with Gasteiger partial charge in [-0.05, 0) is 20.8 Å². The SMILES string of the molecule is CCN(NS(C)(=O)=O)c1nc(N)nc2c1c(C#N)cn2C(C)C. The number of nitrogens with one attached hydrogen (secondary N) is 1. The first-order valence-corrected chi connectivity index (χ1v) is 8.90. The highest BCUT2D eigenvalue weighted by Crippen LogP contribution is 2.30. The lowest BCUT2D eigenvalue weighted by Crippen LogP contribution is -2.42. The number of anilines is 2. The number of rotatable bonds is 5. The second-order valence-electron chi connectivity index (χ2n) is 5.37. The van der Waals surface area contributed by atoms with Gasteiger partial charge in [0.15, 0.2) is 5.82 Å². The van der Waals surface area contributed by atoms with Crippen LogP contribution in [0.1, 0.15) is 32.4 Å². The molecule has 0 saturated heterocycles. The lowest BCUT2D eigenvalue weighted by atomic mass is 10.2. The van der Waals surface area contributed by atoms with Gasteiger partial charge in [0.1, 0.15) is 11.7 Å². The maximum absolute atomic E-state index is 11.6. The van der Waals surface area contributed by atoms with Gasteiger partial charge in [-0.1, -0.05) is 0 Å². The van der Waals surface area contributed by atoms with Gasteiger partial charge in [-0.15, -0.1) is 4.83 Å². The molecule has 0 radical (unpaired) electrons. The number of sulfonamides is 1. The lowest BCUT2D eigenvalue weighted by Gasteiger charge is -2.22. The number of fused-ring (bicyclic) bond motifs is 1. The molecule has 10 heteroatoms. The van der Waals surface area contributed by atoms with Gasteiger partial charge in [-0.3, -0.25) is 5.01 Å². The molecule has 2 heterocycles. The molecule has 0 saturated carbocycles. The van der Waals surface area contributed by atoms with Crippen LogP contribution in [0.2, 0.25) is 0 Å². The Morgan fingerprint density at radius 2 is 2.13 bits per heavy atom. The third-order valence-corrected chi connectivity index (χ3v) is 3.75. The molecule has 0 bridgehead atoms. The van der Waals surface area contributed by atoms with Crippen molar-refractivity contribution in [2.75, 3.05) is 23.5 Å². The van der Waals surface area contributed by atoms with Crippen LogP contribution in [0.15, 0.2) is 6.20 Å². The Bertz CT molecular complexity index is 880. The standard InChI is InChI=1S/C13H19N7O2S/c1-5-20(18-23(4,21)22)12-10-9(6-14)7-19(8(2)3)11(10)16-13(15)17-12/h7-8,18H,5H2,1-4H3,(H2,15,16,17). The zero-order chi connectivity index (χ0) is 17.4. The van der Waals surface area contributed by atoms with Crippen molar-refractivity contribution in [2.45, 2.75) is 26.8 Å². The van der Waals surface area contributed by atoms with Gasteiger partial charge in [-0.2, -0.15) is 15.2 Å². The summed E-state index contributed by atoms with van der Waals surface area (Å²) < 4.78 is 24.9. The molecular weight excluding hydrogens is 318 g/mol. The fourth-order valence-corrected chi connectivity index (χ4v) is 2.89. The van der Waals surface area contributed by atoms with Gasteiger partial charge in [-0.25, -0.2) is 8.42 Å². The number of nitrogens with two attached hydrogens (primary N) is 1. The second-order valence-corrected chi connectivity index (χ2v) is 7.09. The van der Waals surface area contributed by atoms with Gasteiger partial charge in [0.2, 0.25) is 16.0 Å². The first-order chi connectivity index (χ1) is 10.7. The molecule has 23 heavy (non-hydrogen) atoms. The van der Waals surface area contributed by atoms with Gasteiger partial charge in [0.25, 0.3) is 0 Å². The molecule has 9 nitrogen and oxygen atoms in total. The minimum absolute atomic E-state index is 0.00532. The Kier molecular flexibility index (Phi) is 4.44. The quantitative estimate of drug-likeness (QED) is 0.770. The summed E-state index contributed by atoms with van der Waals surface area (Å²) in [5.74, 6) is 0.266. The van der Waals surface area contributed by atoms with Crippen LogP contribution in [0.3, 0.4) is 0 Å². The molecule has 0 aliphatic heterocycles. The number of nitrogens with zero attached hydrogens (tertiary/aromatic N) is 5. The molecule has 0 aliphatic carbocycles. The number of nitriles is 1. The van der Waals surface area contributed by atoms with E-state index in [1.807, 2.05) is 18.4 Å². The number of aromatic nitrogens is 3. The summed E-state index contributed by atoms with van der Waals surface area (Å²) >= 11 is 0. The van der Waals surface area contributed by atoms with Gasteiger partial charge < -0.3 is 10.3 Å². The van der Waals surface area contributed by atoms with Crippen molar-refractivity contribution in [1.82, 2.24) is 19.4 Å². The third kappa shape index (κ3) is 3.35. The first kappa shape index (κ1) is 17.0. The van der Waals surface area contributed by atoms with Crippen LogP contribution < -0.4 is 15.6 Å². The van der Waals surface area contributed by atoms with Gasteiger partial charge >= 0.3 is 0 Å². The molecule has 0 unspecified atom stereocenters. The average molecular weight is 337 g/mol. The predicted octanol–water partition coefficient (Wildman–Crippen LogP) is 0.757. The molecule has 3 N–H and O–H groups in total. The Morgan fingerprint density at radius 3 is 2.61 bits per heavy atom. The maximum Gasteiger partial charge on any atom is 0.225 e. The van der Waals surface area contributed by atoms with Gasteiger partial charge in [0.05, 0.1) is 17.2 Å². The molecule has 0 spiro atoms. The van der Waals surface area contributed by atoms with Crippen molar-refractivity contribution < 1.29 is 8.42 Å². The molecule has 2 aromatic rings. The van der Waals surface area contributed by atoms with Crippen molar-refractivity contribution in [3.8, 4) is 6.07 Å². The topological polar surface area (TPSA) is 130 Å². The lowest BCUT2D eigenvalue weighted by molar-refractivity contribution is 0.582. The Morgan fingerprint density at radius 1 is 1.48 bits per heavy atom. The summed E-state index contributed by atoms with van der Waals surface area (Å²) in [6.07, 6.45) is 2.71. The highest BCUT2D eigenvalue weighted by molar-refractivity contribution is 7.88. The summed E-state index contributed by atoms with van der Waals surface area (Å²) in [6, 6.07) is 2.16. The molecule has 0 aromatic carbocycles. The summed E-state index contributed by atoms with van der Waals surface area (Å²) in [5, 5.41) is 11.2. The molecule has 0 amide bonds. The third-order valence-electron chi connectivity index (χ3n) is 3.19. The van der Waals surface area contributed by atoms with E-state index >= 15 is 0 Å². The number of nitrogen functional groups attached to an aromatic ring is 1. The highest BCUT2D eigenvalue weighted by atomic mass is 32.2. The predicted molar refractivity (Wildman–Crippen MR) is 88.0 cm³/mol. The fourth-order valence-electron chi connectivity index (χ4n) is 2.28. The molecular formula is C13H19N7O2S. The van der Waals surface area contributed by atoms with Crippen LogP contribution in [0, 0.1) is 11.3 Å². The fraction of sp³-hybridized carbons (Fsp3) is 0.462. The van der Waals surface area contributed by atoms with E-state index in [2.05, 4.69) is 20.9 Å². The van der Waals surface area contributed by atoms with Gasteiger partial charge in [0, 0.05) is 18.8 Å². The molecule has 2 rings (SSSR count). The Balaban J connectivity index is 2.80. The maximum atomic E-state index is 11.6. The van der Waals surface area contributed by atoms with E-state index in [1.165, 1.54) is 5.01 Å². The minimum Gasteiger partial charge on any atom is -0.368 e. The van der Waals surface area contributed by atoms with Crippen LogP contribution in [0.5, 0.6) is 0 Å². The van der Waals surface area contributed by atoms with Crippen molar-refractivity contribution >= 4 is 32.8 Å². The smallest absolute Gasteiger partial charge is 0.225 e. The summed E-state index contributed by atoms with van der Waals surface area (Å²) in [6.45, 7) is 5.96. The monoisotopic (exact) mass is 337 g/mol. The summed E-state index contributed by atoms with van der Waals surface area (Å²) in [5.41, 5.74) is 6.63. The van der Waals surface area contributed by atoms with Crippen molar-refractivity contribution in [3.05, 3.63) is 11.8 Å². The van der Waals surface area contributed by atoms with Crippen LogP contribution in [-0.2, 0) is 10.0 Å². The van der Waals surface area contributed by atoms with E-state index in [4.69, 9.17) is 5.73 Å². The zero-order valence-corrected chi connectivity index (χ0v) is 14.2. The molecule has 124 valence electrons. The minimum atomic E-state index is -3.51. The summed E-state index contributed by atoms with van der Waals surface area (Å²) in [7, 11) is -3.51. The number of hydrogen-bond acceptors (Lipinski definition) is 7. The average Bonchev–Trinajstić information content (AvgIpc) is 2.81. The van der Waals surface area contributed by atoms with Crippen LogP contribution in [0.25, 0.3) is 11.0 Å². The Labute approximate surface area is 134 Å². The van der Waals surface area contributed by atoms with E-state index in [0.29, 0.717) is 23.1 Å². The molecule has 2 aromatic heterocycles. The molecule has 0 atom stereocenters. The van der Waals surface area contributed by atoms with Crippen LogP contribution in [0.4, 0.5) is 11.8 Å². The highest BCUT2D eigenvalue weighted by Gasteiger charge is 2.22. The largest absolute Gasteiger partial charge is 0.368 e. The molecule has 0 aliphatic rings. The van der Waals surface area contributed by atoms with E-state index in [9.17, 15) is 13.7 Å². The van der Waals surface area contributed by atoms with Crippen molar-refractivity contribution in [3.63, 3.8) is 0 Å².